The molecule has 0 bridgehead atoms. The number of hydrogen-bond donors (Lipinski definition) is 1. The van der Waals surface area contributed by atoms with E-state index in [0.29, 0.717) is 0 Å². The van der Waals surface area contributed by atoms with Crippen LogP contribution in [0.3, 0.4) is 0 Å². The molecule has 0 radical (unpaired) electrons. The second kappa shape index (κ2) is 7.32. The Morgan fingerprint density at radius 3 is 2.20 bits per heavy atom. The van der Waals surface area contributed by atoms with E-state index in [1.807, 2.05) is 24.3 Å². The van der Waals surface area contributed by atoms with Crippen molar-refractivity contribution in [3.05, 3.63) is 64.7 Å². The molecule has 2 aromatic carbocycles. The zero-order chi connectivity index (χ0) is 14.4. The number of aryl methyl sites for hydroxylation is 1. The lowest BCUT2D eigenvalue weighted by atomic mass is 10.1. The Morgan fingerprint density at radius 1 is 0.950 bits per heavy atom. The number of nitrogens with two attached hydrogens (primary N) is 1. The van der Waals surface area contributed by atoms with Gasteiger partial charge < -0.3 is 10.6 Å². The van der Waals surface area contributed by atoms with E-state index in [1.165, 1.54) is 11.1 Å². The summed E-state index contributed by atoms with van der Waals surface area (Å²) in [5.74, 6) is 0. The molecule has 20 heavy (non-hydrogen) atoms. The number of rotatable bonds is 6. The van der Waals surface area contributed by atoms with Gasteiger partial charge in [0.1, 0.15) is 0 Å². The minimum Gasteiger partial charge on any atom is -0.399 e. The van der Waals surface area contributed by atoms with E-state index >= 15 is 0 Å². The Balaban J connectivity index is 1.73. The largest absolute Gasteiger partial charge is 0.399 e. The predicted molar refractivity (Wildman–Crippen MR) is 87.0 cm³/mol. The van der Waals surface area contributed by atoms with E-state index in [0.717, 1.165) is 36.6 Å². The Kier molecular flexibility index (Phi) is 5.45. The van der Waals surface area contributed by atoms with Gasteiger partial charge in [-0.2, -0.15) is 0 Å². The van der Waals surface area contributed by atoms with Crippen LogP contribution in [0.1, 0.15) is 17.5 Å². The Morgan fingerprint density at radius 2 is 1.55 bits per heavy atom. The van der Waals surface area contributed by atoms with E-state index < -0.39 is 0 Å². The van der Waals surface area contributed by atoms with Crippen LogP contribution in [0.25, 0.3) is 0 Å². The fraction of sp³-hybridized carbons (Fsp3) is 0.294. The van der Waals surface area contributed by atoms with Crippen molar-refractivity contribution in [3.63, 3.8) is 0 Å². The van der Waals surface area contributed by atoms with Crippen molar-refractivity contribution in [2.45, 2.75) is 19.4 Å². The second-order valence-electron chi connectivity index (χ2n) is 5.21. The lowest BCUT2D eigenvalue weighted by Crippen LogP contribution is -2.19. The molecule has 0 spiro atoms. The highest BCUT2D eigenvalue weighted by atomic mass is 35.5. The summed E-state index contributed by atoms with van der Waals surface area (Å²) in [7, 11) is 2.15. The third kappa shape index (κ3) is 4.87. The Labute approximate surface area is 126 Å². The molecule has 0 unspecified atom stereocenters. The minimum atomic E-state index is 0.791. The molecule has 0 aromatic heterocycles. The summed E-state index contributed by atoms with van der Waals surface area (Å²) in [6, 6.07) is 16.2. The van der Waals surface area contributed by atoms with Crippen molar-refractivity contribution in [1.82, 2.24) is 4.90 Å². The van der Waals surface area contributed by atoms with Crippen molar-refractivity contribution in [2.24, 2.45) is 0 Å². The maximum Gasteiger partial charge on any atom is 0.0406 e. The molecular weight excluding hydrogens is 268 g/mol. The van der Waals surface area contributed by atoms with Gasteiger partial charge in [0.25, 0.3) is 0 Å². The molecule has 0 heterocycles. The summed E-state index contributed by atoms with van der Waals surface area (Å²) in [4.78, 5) is 2.33. The molecule has 2 rings (SSSR count). The zero-order valence-corrected chi connectivity index (χ0v) is 12.6. The van der Waals surface area contributed by atoms with E-state index in [9.17, 15) is 0 Å². The standard InChI is InChI=1S/C17H21ClN2/c1-20(13-15-4-8-16(18)9-5-15)12-2-3-14-6-10-17(19)11-7-14/h4-11H,2-3,12-13,19H2,1H3. The molecule has 0 atom stereocenters. The fourth-order valence-electron chi connectivity index (χ4n) is 2.22. The highest BCUT2D eigenvalue weighted by molar-refractivity contribution is 6.30. The number of hydrogen-bond acceptors (Lipinski definition) is 2. The molecule has 106 valence electrons. The van der Waals surface area contributed by atoms with Crippen molar-refractivity contribution >= 4 is 17.3 Å². The van der Waals surface area contributed by atoms with Gasteiger partial charge in [0.15, 0.2) is 0 Å². The van der Waals surface area contributed by atoms with Crippen molar-refractivity contribution < 1.29 is 0 Å². The van der Waals surface area contributed by atoms with Crippen molar-refractivity contribution in [2.75, 3.05) is 19.3 Å². The van der Waals surface area contributed by atoms with Crippen LogP contribution in [0.5, 0.6) is 0 Å². The Hall–Kier alpha value is -1.51. The maximum absolute atomic E-state index is 5.89. The summed E-state index contributed by atoms with van der Waals surface area (Å²) in [5.41, 5.74) is 9.15. The molecule has 0 aliphatic rings. The second-order valence-corrected chi connectivity index (χ2v) is 5.65. The van der Waals surface area contributed by atoms with E-state index in [1.54, 1.807) is 0 Å². The molecule has 0 aliphatic heterocycles. The van der Waals surface area contributed by atoms with Crippen molar-refractivity contribution in [1.29, 1.82) is 0 Å². The third-order valence-electron chi connectivity index (χ3n) is 3.35. The molecule has 3 heteroatoms. The van der Waals surface area contributed by atoms with E-state index in [2.05, 4.69) is 36.2 Å². The van der Waals surface area contributed by atoms with Crippen molar-refractivity contribution in [3.8, 4) is 0 Å². The average Bonchev–Trinajstić information content (AvgIpc) is 2.44. The molecule has 2 nitrogen and oxygen atoms in total. The topological polar surface area (TPSA) is 29.3 Å². The van der Waals surface area contributed by atoms with Gasteiger partial charge in [-0.25, -0.2) is 0 Å². The van der Waals surface area contributed by atoms with Crippen LogP contribution in [-0.4, -0.2) is 18.5 Å². The third-order valence-corrected chi connectivity index (χ3v) is 3.60. The SMILES string of the molecule is CN(CCCc1ccc(N)cc1)Cc1ccc(Cl)cc1. The summed E-state index contributed by atoms with van der Waals surface area (Å²) >= 11 is 5.89. The van der Waals surface area contributed by atoms with Crippen LogP contribution in [0, 0.1) is 0 Å². The molecular formula is C17H21ClN2. The maximum atomic E-state index is 5.89. The first-order valence-corrected chi connectivity index (χ1v) is 7.29. The molecule has 0 fully saturated rings. The summed E-state index contributed by atoms with van der Waals surface area (Å²) < 4.78 is 0. The first kappa shape index (κ1) is 14.9. The number of nitrogens with zero attached hydrogens (tertiary/aromatic N) is 1. The normalized spacial score (nSPS) is 10.9. The minimum absolute atomic E-state index is 0.791. The number of anilines is 1. The molecule has 2 aromatic rings. The molecule has 2 N–H and O–H groups in total. The fourth-order valence-corrected chi connectivity index (χ4v) is 2.34. The van der Waals surface area contributed by atoms with Gasteiger partial charge in [-0.15, -0.1) is 0 Å². The lowest BCUT2D eigenvalue weighted by Gasteiger charge is -2.16. The lowest BCUT2D eigenvalue weighted by molar-refractivity contribution is 0.322. The Bertz CT molecular complexity index is 520. The molecule has 0 saturated heterocycles. The summed E-state index contributed by atoms with van der Waals surface area (Å²) in [6.07, 6.45) is 2.24. The quantitative estimate of drug-likeness (QED) is 0.815. The van der Waals surface area contributed by atoms with Gasteiger partial charge >= 0.3 is 0 Å². The van der Waals surface area contributed by atoms with Gasteiger partial charge in [-0.3, -0.25) is 0 Å². The van der Waals surface area contributed by atoms with Gasteiger partial charge in [0.2, 0.25) is 0 Å². The van der Waals surface area contributed by atoms with Gasteiger partial charge in [-0.1, -0.05) is 35.9 Å². The number of halogens is 1. The van der Waals surface area contributed by atoms with Crippen LogP contribution in [0.2, 0.25) is 5.02 Å². The molecule has 0 amide bonds. The van der Waals surface area contributed by atoms with Gasteiger partial charge in [-0.05, 0) is 61.8 Å². The van der Waals surface area contributed by atoms with Crippen LogP contribution in [0.4, 0.5) is 5.69 Å². The summed E-state index contributed by atoms with van der Waals surface area (Å²) in [5, 5.41) is 0.791. The van der Waals surface area contributed by atoms with Crippen LogP contribution in [-0.2, 0) is 13.0 Å². The monoisotopic (exact) mass is 288 g/mol. The van der Waals surface area contributed by atoms with Crippen LogP contribution < -0.4 is 5.73 Å². The van der Waals surface area contributed by atoms with E-state index in [-0.39, 0.29) is 0 Å². The zero-order valence-electron chi connectivity index (χ0n) is 11.8. The molecule has 0 saturated carbocycles. The predicted octanol–water partition coefficient (Wildman–Crippen LogP) is 3.99. The first-order chi connectivity index (χ1) is 9.63. The smallest absolute Gasteiger partial charge is 0.0406 e. The number of nitrogen functional groups attached to an aromatic ring is 1. The van der Waals surface area contributed by atoms with Crippen LogP contribution in [0.15, 0.2) is 48.5 Å². The van der Waals surface area contributed by atoms with E-state index in [4.69, 9.17) is 17.3 Å². The van der Waals surface area contributed by atoms with Gasteiger partial charge in [0, 0.05) is 17.3 Å². The van der Waals surface area contributed by atoms with Crippen LogP contribution >= 0.6 is 11.6 Å². The average molecular weight is 289 g/mol. The molecule has 0 aliphatic carbocycles. The first-order valence-electron chi connectivity index (χ1n) is 6.91. The summed E-state index contributed by atoms with van der Waals surface area (Å²) in [6.45, 7) is 2.03. The highest BCUT2D eigenvalue weighted by Crippen LogP contribution is 2.12. The van der Waals surface area contributed by atoms with Gasteiger partial charge in [0.05, 0.1) is 0 Å². The highest BCUT2D eigenvalue weighted by Gasteiger charge is 2.01. The number of benzene rings is 2.